The van der Waals surface area contributed by atoms with E-state index < -0.39 is 0 Å². The van der Waals surface area contributed by atoms with E-state index in [0.29, 0.717) is 16.8 Å². The lowest BCUT2D eigenvalue weighted by Crippen LogP contribution is -2.31. The third-order valence-corrected chi connectivity index (χ3v) is 4.17. The minimum absolute atomic E-state index is 0.00612. The topological polar surface area (TPSA) is 54.0 Å². The van der Waals surface area contributed by atoms with Crippen LogP contribution in [0.25, 0.3) is 10.9 Å². The fraction of sp³-hybridized carbons (Fsp3) is 0.375. The van der Waals surface area contributed by atoms with Crippen molar-refractivity contribution in [2.75, 3.05) is 18.4 Å². The van der Waals surface area contributed by atoms with Crippen LogP contribution in [0.15, 0.2) is 24.3 Å². The van der Waals surface area contributed by atoms with Crippen molar-refractivity contribution in [2.45, 2.75) is 19.8 Å². The highest BCUT2D eigenvalue weighted by Crippen LogP contribution is 2.27. The Hall–Kier alpha value is -1.81. The largest absolute Gasteiger partial charge is 0.361 e. The quantitative estimate of drug-likeness (QED) is 0.892. The summed E-state index contributed by atoms with van der Waals surface area (Å²) in [7, 11) is 0. The van der Waals surface area contributed by atoms with Crippen molar-refractivity contribution in [1.82, 2.24) is 10.3 Å². The molecule has 0 unspecified atom stereocenters. The highest BCUT2D eigenvalue weighted by molar-refractivity contribution is 6.32. The smallest absolute Gasteiger partial charge is 0.239 e. The van der Waals surface area contributed by atoms with E-state index in [0.717, 1.165) is 23.0 Å². The molecular formula is C16H18ClN3O. The summed E-state index contributed by atoms with van der Waals surface area (Å²) < 4.78 is 0. The number of hydrogen-bond donors (Lipinski definition) is 2. The SMILES string of the molecule is Cc1c(Cl)ccc2ccc(NCC(=O)NCC3CC3)nc12. The Morgan fingerprint density at radius 2 is 2.10 bits per heavy atom. The van der Waals surface area contributed by atoms with Crippen molar-refractivity contribution in [1.29, 1.82) is 0 Å². The molecular weight excluding hydrogens is 286 g/mol. The molecule has 4 nitrogen and oxygen atoms in total. The first kappa shape index (κ1) is 14.1. The average Bonchev–Trinajstić information content (AvgIpc) is 3.31. The number of benzene rings is 1. The Bertz CT molecular complexity index is 683. The summed E-state index contributed by atoms with van der Waals surface area (Å²) in [4.78, 5) is 16.3. The van der Waals surface area contributed by atoms with Gasteiger partial charge in [-0.2, -0.15) is 0 Å². The van der Waals surface area contributed by atoms with Crippen molar-refractivity contribution < 1.29 is 4.79 Å². The highest BCUT2D eigenvalue weighted by Gasteiger charge is 2.21. The van der Waals surface area contributed by atoms with Gasteiger partial charge < -0.3 is 10.6 Å². The van der Waals surface area contributed by atoms with E-state index >= 15 is 0 Å². The van der Waals surface area contributed by atoms with Crippen LogP contribution >= 0.6 is 11.6 Å². The number of aromatic nitrogens is 1. The number of aryl methyl sites for hydroxylation is 1. The maximum atomic E-state index is 11.7. The van der Waals surface area contributed by atoms with E-state index in [-0.39, 0.29) is 12.5 Å². The molecule has 1 saturated carbocycles. The highest BCUT2D eigenvalue weighted by atomic mass is 35.5. The van der Waals surface area contributed by atoms with E-state index in [1.54, 1.807) is 0 Å². The van der Waals surface area contributed by atoms with Gasteiger partial charge in [-0.1, -0.05) is 17.7 Å². The number of rotatable bonds is 5. The Morgan fingerprint density at radius 1 is 1.33 bits per heavy atom. The zero-order valence-electron chi connectivity index (χ0n) is 11.9. The minimum atomic E-state index is 0.00612. The van der Waals surface area contributed by atoms with Crippen molar-refractivity contribution in [3.8, 4) is 0 Å². The molecule has 3 rings (SSSR count). The molecule has 1 aromatic heterocycles. The van der Waals surface area contributed by atoms with Crippen LogP contribution in [0.3, 0.4) is 0 Å². The van der Waals surface area contributed by atoms with Gasteiger partial charge in [0.05, 0.1) is 12.1 Å². The van der Waals surface area contributed by atoms with Gasteiger partial charge in [0.1, 0.15) is 5.82 Å². The molecule has 21 heavy (non-hydrogen) atoms. The fourth-order valence-electron chi connectivity index (χ4n) is 2.22. The lowest BCUT2D eigenvalue weighted by Gasteiger charge is -2.09. The van der Waals surface area contributed by atoms with Crippen molar-refractivity contribution in [2.24, 2.45) is 5.92 Å². The second-order valence-corrected chi connectivity index (χ2v) is 5.95. The van der Waals surface area contributed by atoms with Crippen LogP contribution in [0.5, 0.6) is 0 Å². The standard InChI is InChI=1S/C16H18ClN3O/c1-10-13(17)6-4-12-5-7-14(20-16(10)12)18-9-15(21)19-8-11-2-3-11/h4-7,11H,2-3,8-9H2,1H3,(H,18,20)(H,19,21). The molecule has 1 fully saturated rings. The predicted molar refractivity (Wildman–Crippen MR) is 85.7 cm³/mol. The van der Waals surface area contributed by atoms with Crippen LogP contribution in [0.4, 0.5) is 5.82 Å². The van der Waals surface area contributed by atoms with Crippen LogP contribution in [-0.4, -0.2) is 24.0 Å². The maximum Gasteiger partial charge on any atom is 0.239 e. The molecule has 2 N–H and O–H groups in total. The zero-order chi connectivity index (χ0) is 14.8. The van der Waals surface area contributed by atoms with Crippen LogP contribution < -0.4 is 10.6 Å². The van der Waals surface area contributed by atoms with Gasteiger partial charge in [-0.15, -0.1) is 0 Å². The molecule has 2 aromatic rings. The first-order chi connectivity index (χ1) is 10.1. The Morgan fingerprint density at radius 3 is 2.86 bits per heavy atom. The molecule has 0 saturated heterocycles. The van der Waals surface area contributed by atoms with Crippen LogP contribution in [0.1, 0.15) is 18.4 Å². The number of anilines is 1. The number of amides is 1. The monoisotopic (exact) mass is 303 g/mol. The first-order valence-electron chi connectivity index (χ1n) is 7.20. The van der Waals surface area contributed by atoms with Gasteiger partial charge >= 0.3 is 0 Å². The molecule has 1 heterocycles. The molecule has 0 radical (unpaired) electrons. The predicted octanol–water partition coefficient (Wildman–Crippen LogP) is 3.13. The summed E-state index contributed by atoms with van der Waals surface area (Å²) in [6.45, 7) is 2.98. The normalized spacial score (nSPS) is 14.2. The molecule has 1 aliphatic rings. The summed E-state index contributed by atoms with van der Waals surface area (Å²) in [6.07, 6.45) is 2.47. The number of hydrogen-bond acceptors (Lipinski definition) is 3. The molecule has 110 valence electrons. The Balaban J connectivity index is 1.66. The number of halogens is 1. The summed E-state index contributed by atoms with van der Waals surface area (Å²) in [5.74, 6) is 1.39. The van der Waals surface area contributed by atoms with Crippen LogP contribution in [0.2, 0.25) is 5.02 Å². The number of nitrogens with zero attached hydrogens (tertiary/aromatic N) is 1. The lowest BCUT2D eigenvalue weighted by atomic mass is 10.1. The second-order valence-electron chi connectivity index (χ2n) is 5.54. The molecule has 1 aromatic carbocycles. The number of carbonyl (C=O) groups is 1. The van der Waals surface area contributed by atoms with Gasteiger partial charge in [-0.3, -0.25) is 4.79 Å². The number of nitrogens with one attached hydrogen (secondary N) is 2. The van der Waals surface area contributed by atoms with E-state index in [1.807, 2.05) is 31.2 Å². The van der Waals surface area contributed by atoms with Gasteiger partial charge in [0.25, 0.3) is 0 Å². The van der Waals surface area contributed by atoms with Crippen molar-refractivity contribution in [3.63, 3.8) is 0 Å². The molecule has 1 amide bonds. The van der Waals surface area contributed by atoms with Crippen molar-refractivity contribution in [3.05, 3.63) is 34.9 Å². The lowest BCUT2D eigenvalue weighted by molar-refractivity contribution is -0.119. The average molecular weight is 304 g/mol. The van der Waals surface area contributed by atoms with Crippen LogP contribution in [-0.2, 0) is 4.79 Å². The Kier molecular flexibility index (Phi) is 3.97. The van der Waals surface area contributed by atoms with Gasteiger partial charge in [0.15, 0.2) is 0 Å². The van der Waals surface area contributed by atoms with Crippen molar-refractivity contribution >= 4 is 34.2 Å². The summed E-state index contributed by atoms with van der Waals surface area (Å²) in [6, 6.07) is 7.68. The van der Waals surface area contributed by atoms with Gasteiger partial charge in [0, 0.05) is 17.0 Å². The summed E-state index contributed by atoms with van der Waals surface area (Å²) in [5.41, 5.74) is 1.82. The Labute approximate surface area is 128 Å². The third kappa shape index (κ3) is 3.45. The number of pyridine rings is 1. The number of fused-ring (bicyclic) bond motifs is 1. The summed E-state index contributed by atoms with van der Waals surface area (Å²) >= 11 is 6.12. The molecule has 0 bridgehead atoms. The fourth-order valence-corrected chi connectivity index (χ4v) is 2.37. The third-order valence-electron chi connectivity index (χ3n) is 3.76. The van der Waals surface area contributed by atoms with E-state index in [2.05, 4.69) is 15.6 Å². The molecule has 0 aliphatic heterocycles. The van der Waals surface area contributed by atoms with Crippen LogP contribution in [0, 0.1) is 12.8 Å². The summed E-state index contributed by atoms with van der Waals surface area (Å²) in [5, 5.41) is 7.73. The number of carbonyl (C=O) groups excluding carboxylic acids is 1. The van der Waals surface area contributed by atoms with E-state index in [1.165, 1.54) is 12.8 Å². The van der Waals surface area contributed by atoms with E-state index in [9.17, 15) is 4.79 Å². The van der Waals surface area contributed by atoms with E-state index in [4.69, 9.17) is 11.6 Å². The molecule has 5 heteroatoms. The van der Waals surface area contributed by atoms with Gasteiger partial charge in [-0.25, -0.2) is 4.98 Å². The second kappa shape index (κ2) is 5.90. The molecule has 0 atom stereocenters. The zero-order valence-corrected chi connectivity index (χ0v) is 12.7. The molecule has 0 spiro atoms. The maximum absolute atomic E-state index is 11.7. The van der Waals surface area contributed by atoms with Gasteiger partial charge in [-0.05, 0) is 49.4 Å². The first-order valence-corrected chi connectivity index (χ1v) is 7.58. The van der Waals surface area contributed by atoms with Gasteiger partial charge in [0.2, 0.25) is 5.91 Å². The minimum Gasteiger partial charge on any atom is -0.361 e. The molecule has 1 aliphatic carbocycles.